The molecule has 2 aromatic rings. The van der Waals surface area contributed by atoms with Crippen LogP contribution in [0.5, 0.6) is 0 Å². The molecule has 0 bridgehead atoms. The van der Waals surface area contributed by atoms with Gasteiger partial charge in [0.1, 0.15) is 5.82 Å². The molecule has 3 amide bonds. The van der Waals surface area contributed by atoms with E-state index in [2.05, 4.69) is 36.3 Å². The van der Waals surface area contributed by atoms with Crippen molar-refractivity contribution >= 4 is 29.6 Å². The lowest BCUT2D eigenvalue weighted by Crippen LogP contribution is -2.47. The minimum absolute atomic E-state index is 0.181. The first-order valence-corrected chi connectivity index (χ1v) is 14.8. The molecule has 2 atom stereocenters. The summed E-state index contributed by atoms with van der Waals surface area (Å²) in [5.74, 6) is 0.562. The third-order valence-corrected chi connectivity index (χ3v) is 7.61. The van der Waals surface area contributed by atoms with Crippen molar-refractivity contribution in [3.05, 3.63) is 47.7 Å². The molecule has 0 radical (unpaired) electrons. The molecule has 3 heterocycles. The molecule has 0 aliphatic carbocycles. The predicted octanol–water partition coefficient (Wildman–Crippen LogP) is 4.80. The highest BCUT2D eigenvalue weighted by molar-refractivity contribution is 5.89. The molecule has 0 saturated carbocycles. The number of ether oxygens (including phenoxy) is 2. The monoisotopic (exact) mass is 594 g/mol. The summed E-state index contributed by atoms with van der Waals surface area (Å²) in [7, 11) is 0. The summed E-state index contributed by atoms with van der Waals surface area (Å²) in [5.41, 5.74) is 2.59. The summed E-state index contributed by atoms with van der Waals surface area (Å²) >= 11 is 0. The van der Waals surface area contributed by atoms with Gasteiger partial charge in [-0.3, -0.25) is 4.90 Å². The maximum Gasteiger partial charge on any atom is 0.407 e. The highest BCUT2D eigenvalue weighted by Crippen LogP contribution is 2.48. The first kappa shape index (κ1) is 31.7. The minimum Gasteiger partial charge on any atom is -0.465 e. The van der Waals surface area contributed by atoms with Crippen molar-refractivity contribution in [1.82, 2.24) is 20.2 Å². The lowest BCUT2D eigenvalue weighted by molar-refractivity contribution is -0.137. The van der Waals surface area contributed by atoms with E-state index in [9.17, 15) is 19.5 Å². The van der Waals surface area contributed by atoms with Crippen LogP contribution in [0.25, 0.3) is 11.4 Å². The number of fused-ring (bicyclic) bond motifs is 1. The molecular formula is C31H42N6O6. The van der Waals surface area contributed by atoms with E-state index in [4.69, 9.17) is 19.4 Å². The van der Waals surface area contributed by atoms with E-state index < -0.39 is 18.1 Å². The first-order valence-electron chi connectivity index (χ1n) is 14.8. The fourth-order valence-electron chi connectivity index (χ4n) is 5.45. The second-order valence-corrected chi connectivity index (χ2v) is 11.6. The molecule has 2 aliphatic rings. The molecule has 0 spiro atoms. The van der Waals surface area contributed by atoms with Crippen LogP contribution in [0, 0.1) is 5.41 Å². The molecule has 4 rings (SSSR count). The molecule has 43 heavy (non-hydrogen) atoms. The Kier molecular flexibility index (Phi) is 10.2. The molecule has 1 saturated heterocycles. The topological polar surface area (TPSA) is 146 Å². The third-order valence-electron chi connectivity index (χ3n) is 7.61. The summed E-state index contributed by atoms with van der Waals surface area (Å²) in [6, 6.07) is 6.29. The second kappa shape index (κ2) is 13.9. The summed E-state index contributed by atoms with van der Waals surface area (Å²) < 4.78 is 10.7. The largest absolute Gasteiger partial charge is 0.465 e. The van der Waals surface area contributed by atoms with Crippen LogP contribution in [0.3, 0.4) is 0 Å². The van der Waals surface area contributed by atoms with Gasteiger partial charge in [-0.15, -0.1) is 0 Å². The summed E-state index contributed by atoms with van der Waals surface area (Å²) in [5, 5.41) is 15.9. The number of morpholine rings is 1. The molecule has 1 aromatic carbocycles. The number of hydrogen-bond donors (Lipinski definition) is 3. The van der Waals surface area contributed by atoms with Gasteiger partial charge in [-0.1, -0.05) is 26.8 Å². The van der Waals surface area contributed by atoms with Crippen molar-refractivity contribution in [1.29, 1.82) is 0 Å². The average Bonchev–Trinajstić information content (AvgIpc) is 2.97. The van der Waals surface area contributed by atoms with Crippen LogP contribution in [-0.2, 0) is 14.3 Å². The average molecular weight is 595 g/mol. The number of carbonyl (C=O) groups excluding carboxylic acids is 2. The fraction of sp³-hybridized carbons (Fsp3) is 0.516. The van der Waals surface area contributed by atoms with Gasteiger partial charge in [0.25, 0.3) is 0 Å². The van der Waals surface area contributed by atoms with E-state index in [1.165, 1.54) is 11.0 Å². The smallest absolute Gasteiger partial charge is 0.407 e. The number of carboxylic acid groups (broad SMARTS) is 1. The molecule has 3 N–H and O–H groups in total. The van der Waals surface area contributed by atoms with E-state index in [1.54, 1.807) is 25.1 Å². The van der Waals surface area contributed by atoms with E-state index in [0.29, 0.717) is 50.1 Å². The lowest BCUT2D eigenvalue weighted by Gasteiger charge is -2.45. The SMILES string of the molecule is CCNC(=O)Nc1ccc(-c2nc3c(c(N4CCOCC4)n2)[C@H](C(C)(C)C)CN(C(=O)O)C3CC=CC(=O)OCC)cc1. The van der Waals surface area contributed by atoms with Crippen LogP contribution in [-0.4, -0.2) is 84.1 Å². The Bertz CT molecular complexity index is 1330. The van der Waals surface area contributed by atoms with Crippen molar-refractivity contribution in [3.8, 4) is 11.4 Å². The number of aromatic nitrogens is 2. The van der Waals surface area contributed by atoms with Crippen molar-refractivity contribution in [2.24, 2.45) is 5.41 Å². The maximum absolute atomic E-state index is 12.7. The van der Waals surface area contributed by atoms with E-state index >= 15 is 0 Å². The number of benzene rings is 1. The van der Waals surface area contributed by atoms with Crippen LogP contribution in [0.15, 0.2) is 36.4 Å². The van der Waals surface area contributed by atoms with Gasteiger partial charge in [0.05, 0.1) is 31.6 Å². The standard InChI is InChI=1S/C31H42N6O6/c1-6-32-29(39)33-21-13-11-20(12-14-21)27-34-26-23(9-8-10-24(38)43-7-2)37(30(40)41)19-22(31(3,4)5)25(26)28(35-27)36-15-17-42-18-16-36/h8,10-14,22-23H,6-7,9,15-19H2,1-5H3,(H,40,41)(H2,32,33,39)/t22-,23?/m1/s1. The molecule has 12 heteroatoms. The molecule has 1 fully saturated rings. The Morgan fingerprint density at radius 3 is 2.42 bits per heavy atom. The summed E-state index contributed by atoms with van der Waals surface area (Å²) in [4.78, 5) is 50.5. The number of nitrogens with zero attached hydrogens (tertiary/aromatic N) is 4. The van der Waals surface area contributed by atoms with Crippen LogP contribution in [0.1, 0.15) is 64.3 Å². The first-order chi connectivity index (χ1) is 20.5. The van der Waals surface area contributed by atoms with Gasteiger partial charge in [-0.25, -0.2) is 24.4 Å². The highest BCUT2D eigenvalue weighted by atomic mass is 16.5. The van der Waals surface area contributed by atoms with Gasteiger partial charge in [0.2, 0.25) is 0 Å². The van der Waals surface area contributed by atoms with Crippen LogP contribution < -0.4 is 15.5 Å². The highest BCUT2D eigenvalue weighted by Gasteiger charge is 2.44. The lowest BCUT2D eigenvalue weighted by atomic mass is 9.72. The Morgan fingerprint density at radius 1 is 1.12 bits per heavy atom. The summed E-state index contributed by atoms with van der Waals surface area (Å²) in [6.07, 6.45) is 2.18. The molecule has 1 aromatic heterocycles. The molecule has 1 unspecified atom stereocenters. The normalized spacial score (nSPS) is 18.7. The van der Waals surface area contributed by atoms with Gasteiger partial charge < -0.3 is 30.1 Å². The van der Waals surface area contributed by atoms with Gasteiger partial charge in [0, 0.05) is 55.0 Å². The number of amides is 3. The summed E-state index contributed by atoms with van der Waals surface area (Å²) in [6.45, 7) is 13.3. The second-order valence-electron chi connectivity index (χ2n) is 11.6. The maximum atomic E-state index is 12.7. The predicted molar refractivity (Wildman–Crippen MR) is 163 cm³/mol. The molecule has 12 nitrogen and oxygen atoms in total. The number of esters is 1. The molecule has 2 aliphatic heterocycles. The number of hydrogen-bond acceptors (Lipinski definition) is 8. The van der Waals surface area contributed by atoms with E-state index in [1.807, 2.05) is 19.1 Å². The van der Waals surface area contributed by atoms with Crippen molar-refractivity contribution < 1.29 is 29.0 Å². The number of rotatable bonds is 8. The zero-order chi connectivity index (χ0) is 31.1. The van der Waals surface area contributed by atoms with Crippen LogP contribution in [0.4, 0.5) is 21.1 Å². The Balaban J connectivity index is 1.87. The number of urea groups is 1. The minimum atomic E-state index is -1.05. The van der Waals surface area contributed by atoms with E-state index in [0.717, 1.165) is 16.9 Å². The molecular weight excluding hydrogens is 552 g/mol. The fourth-order valence-corrected chi connectivity index (χ4v) is 5.45. The van der Waals surface area contributed by atoms with E-state index in [-0.39, 0.29) is 36.9 Å². The van der Waals surface area contributed by atoms with Gasteiger partial charge in [-0.05, 0) is 49.9 Å². The Labute approximate surface area is 252 Å². The van der Waals surface area contributed by atoms with Crippen molar-refractivity contribution in [3.63, 3.8) is 0 Å². The van der Waals surface area contributed by atoms with Crippen molar-refractivity contribution in [2.45, 2.75) is 53.0 Å². The quantitative estimate of drug-likeness (QED) is 0.290. The number of anilines is 2. The zero-order valence-electron chi connectivity index (χ0n) is 25.6. The zero-order valence-corrected chi connectivity index (χ0v) is 25.6. The number of nitrogens with one attached hydrogen (secondary N) is 2. The van der Waals surface area contributed by atoms with Crippen LogP contribution in [0.2, 0.25) is 0 Å². The van der Waals surface area contributed by atoms with Gasteiger partial charge >= 0.3 is 18.1 Å². The van der Waals surface area contributed by atoms with Crippen LogP contribution >= 0.6 is 0 Å². The number of carbonyl (C=O) groups is 3. The van der Waals surface area contributed by atoms with Gasteiger partial charge in [0.15, 0.2) is 5.82 Å². The van der Waals surface area contributed by atoms with Crippen molar-refractivity contribution in [2.75, 3.05) is 56.2 Å². The Morgan fingerprint density at radius 2 is 1.81 bits per heavy atom. The Hall–Kier alpha value is -4.19. The van der Waals surface area contributed by atoms with Gasteiger partial charge in [-0.2, -0.15) is 0 Å². The third kappa shape index (κ3) is 7.61. The molecule has 232 valence electrons.